The molecule has 0 unspecified atom stereocenters. The van der Waals surface area contributed by atoms with Crippen LogP contribution < -0.4 is 5.32 Å². The molecule has 0 aliphatic rings. The maximum Gasteiger partial charge on any atom is 0.266 e. The molecule has 0 atom stereocenters. The van der Waals surface area contributed by atoms with Gasteiger partial charge < -0.3 is 5.32 Å². The van der Waals surface area contributed by atoms with Crippen LogP contribution in [0, 0.1) is 5.92 Å². The predicted molar refractivity (Wildman–Crippen MR) is 104 cm³/mol. The van der Waals surface area contributed by atoms with Gasteiger partial charge in [-0.05, 0) is 38.0 Å². The third-order valence-corrected chi connectivity index (χ3v) is 4.75. The minimum Gasteiger partial charge on any atom is -0.355 e. The fourth-order valence-electron chi connectivity index (χ4n) is 2.54. The summed E-state index contributed by atoms with van der Waals surface area (Å²) in [7, 11) is -3.99. The van der Waals surface area contributed by atoms with E-state index in [0.29, 0.717) is 6.42 Å². The van der Waals surface area contributed by atoms with Crippen molar-refractivity contribution in [2.75, 3.05) is 12.3 Å². The molecule has 0 radical (unpaired) electrons. The van der Waals surface area contributed by atoms with E-state index in [1.54, 1.807) is 0 Å². The van der Waals surface area contributed by atoms with Gasteiger partial charge in [-0.25, -0.2) is 0 Å². The van der Waals surface area contributed by atoms with Crippen molar-refractivity contribution in [1.82, 2.24) is 5.32 Å². The first-order valence-electron chi connectivity index (χ1n) is 9.68. The highest BCUT2D eigenvalue weighted by atomic mass is 32.2. The van der Waals surface area contributed by atoms with Gasteiger partial charge in [-0.3, -0.25) is 9.35 Å². The summed E-state index contributed by atoms with van der Waals surface area (Å²) in [5.41, 5.74) is 0. The van der Waals surface area contributed by atoms with E-state index in [1.165, 1.54) is 38.5 Å². The Morgan fingerprint density at radius 2 is 1.52 bits per heavy atom. The molecule has 2 N–H and O–H groups in total. The van der Waals surface area contributed by atoms with Gasteiger partial charge in [-0.15, -0.1) is 0 Å². The SMILES string of the molecule is CC(C)CCCC/C=C/CCCCCCCC(=O)NCCS(=O)(=O)O. The number of carbonyl (C=O) groups excluding carboxylic acids is 1. The van der Waals surface area contributed by atoms with Gasteiger partial charge >= 0.3 is 0 Å². The molecular weight excluding hydrogens is 338 g/mol. The molecule has 0 saturated heterocycles. The number of carbonyl (C=O) groups is 1. The quantitative estimate of drug-likeness (QED) is 0.236. The van der Waals surface area contributed by atoms with E-state index >= 15 is 0 Å². The molecule has 0 heterocycles. The Balaban J connectivity index is 3.31. The summed E-state index contributed by atoms with van der Waals surface area (Å²) >= 11 is 0. The number of nitrogens with one attached hydrogen (secondary N) is 1. The normalized spacial score (nSPS) is 12.2. The number of unbranched alkanes of at least 4 members (excludes halogenated alkanes) is 7. The Morgan fingerprint density at radius 3 is 2.12 bits per heavy atom. The molecule has 0 aliphatic carbocycles. The van der Waals surface area contributed by atoms with E-state index in [2.05, 4.69) is 31.3 Å². The van der Waals surface area contributed by atoms with E-state index < -0.39 is 15.9 Å². The van der Waals surface area contributed by atoms with Crippen LogP contribution in [0.1, 0.15) is 84.5 Å². The summed E-state index contributed by atoms with van der Waals surface area (Å²) in [4.78, 5) is 11.5. The van der Waals surface area contributed by atoms with Crippen LogP contribution in [-0.2, 0) is 14.9 Å². The number of allylic oxidation sites excluding steroid dienone is 2. The number of amides is 1. The summed E-state index contributed by atoms with van der Waals surface area (Å²) in [6.07, 6.45) is 16.6. The van der Waals surface area contributed by atoms with E-state index in [0.717, 1.165) is 31.6 Å². The molecule has 148 valence electrons. The van der Waals surface area contributed by atoms with Gasteiger partial charge in [0.25, 0.3) is 10.1 Å². The summed E-state index contributed by atoms with van der Waals surface area (Å²) < 4.78 is 29.6. The van der Waals surface area contributed by atoms with E-state index in [4.69, 9.17) is 4.55 Å². The van der Waals surface area contributed by atoms with Gasteiger partial charge in [0.15, 0.2) is 0 Å². The smallest absolute Gasteiger partial charge is 0.266 e. The number of hydrogen-bond donors (Lipinski definition) is 2. The second-order valence-corrected chi connectivity index (χ2v) is 8.66. The highest BCUT2D eigenvalue weighted by Crippen LogP contribution is 2.10. The molecule has 5 nitrogen and oxygen atoms in total. The molecule has 0 bridgehead atoms. The van der Waals surface area contributed by atoms with Crippen molar-refractivity contribution in [1.29, 1.82) is 0 Å². The van der Waals surface area contributed by atoms with Gasteiger partial charge in [-0.2, -0.15) is 8.42 Å². The third-order valence-electron chi connectivity index (χ3n) is 4.03. The van der Waals surface area contributed by atoms with Crippen LogP contribution >= 0.6 is 0 Å². The molecule has 0 spiro atoms. The fourth-order valence-corrected chi connectivity index (χ4v) is 2.90. The maximum absolute atomic E-state index is 11.5. The Kier molecular flexibility index (Phi) is 14.8. The Morgan fingerprint density at radius 1 is 0.960 bits per heavy atom. The maximum atomic E-state index is 11.5. The van der Waals surface area contributed by atoms with Gasteiger partial charge in [0.1, 0.15) is 0 Å². The van der Waals surface area contributed by atoms with Crippen molar-refractivity contribution < 1.29 is 17.8 Å². The molecule has 0 rings (SSSR count). The van der Waals surface area contributed by atoms with Crippen molar-refractivity contribution in [3.8, 4) is 0 Å². The Hall–Kier alpha value is -0.880. The van der Waals surface area contributed by atoms with Gasteiger partial charge in [0.2, 0.25) is 5.91 Å². The van der Waals surface area contributed by atoms with E-state index in [1.807, 2.05) is 0 Å². The summed E-state index contributed by atoms with van der Waals surface area (Å²) in [6.45, 7) is 4.51. The topological polar surface area (TPSA) is 83.5 Å². The predicted octanol–water partition coefficient (Wildman–Crippen LogP) is 4.49. The van der Waals surface area contributed by atoms with Crippen LogP contribution in [0.15, 0.2) is 12.2 Å². The monoisotopic (exact) mass is 375 g/mol. The standard InChI is InChI=1S/C19H37NO4S/c1-18(2)14-12-10-8-6-4-3-5-7-9-11-13-15-19(21)20-16-17-25(22,23)24/h4,6,18H,3,5,7-17H2,1-2H3,(H,20,21)(H,22,23,24)/b6-4+. The zero-order valence-electron chi connectivity index (χ0n) is 16.0. The molecule has 0 aliphatic heterocycles. The third kappa shape index (κ3) is 21.1. The molecule has 0 aromatic rings. The average molecular weight is 376 g/mol. The first-order chi connectivity index (χ1) is 11.8. The first-order valence-corrected chi connectivity index (χ1v) is 11.3. The molecule has 0 fully saturated rings. The second kappa shape index (κ2) is 15.4. The summed E-state index contributed by atoms with van der Waals surface area (Å²) in [5, 5.41) is 2.50. The summed E-state index contributed by atoms with van der Waals surface area (Å²) in [6, 6.07) is 0. The van der Waals surface area contributed by atoms with Crippen molar-refractivity contribution in [2.24, 2.45) is 5.92 Å². The van der Waals surface area contributed by atoms with Crippen LogP contribution in [0.3, 0.4) is 0 Å². The van der Waals surface area contributed by atoms with Crippen molar-refractivity contribution in [2.45, 2.75) is 84.5 Å². The van der Waals surface area contributed by atoms with Crippen LogP contribution in [0.5, 0.6) is 0 Å². The van der Waals surface area contributed by atoms with Crippen LogP contribution in [0.4, 0.5) is 0 Å². The Labute approximate surface area is 154 Å². The van der Waals surface area contributed by atoms with Gasteiger partial charge in [-0.1, -0.05) is 58.1 Å². The lowest BCUT2D eigenvalue weighted by Crippen LogP contribution is -2.28. The lowest BCUT2D eigenvalue weighted by atomic mass is 10.0. The highest BCUT2D eigenvalue weighted by molar-refractivity contribution is 7.85. The van der Waals surface area contributed by atoms with Crippen LogP contribution in [0.25, 0.3) is 0 Å². The van der Waals surface area contributed by atoms with Crippen molar-refractivity contribution >= 4 is 16.0 Å². The zero-order valence-corrected chi connectivity index (χ0v) is 16.8. The number of hydrogen-bond acceptors (Lipinski definition) is 3. The molecule has 0 aromatic heterocycles. The lowest BCUT2D eigenvalue weighted by molar-refractivity contribution is -0.121. The minimum absolute atomic E-state index is 0.0263. The summed E-state index contributed by atoms with van der Waals surface area (Å²) in [5.74, 6) is 0.236. The van der Waals surface area contributed by atoms with E-state index in [9.17, 15) is 13.2 Å². The fraction of sp³-hybridized carbons (Fsp3) is 0.842. The average Bonchev–Trinajstić information content (AvgIpc) is 2.50. The Bertz CT molecular complexity index is 458. The molecular formula is C19H37NO4S. The first kappa shape index (κ1) is 24.1. The second-order valence-electron chi connectivity index (χ2n) is 7.09. The largest absolute Gasteiger partial charge is 0.355 e. The molecule has 6 heteroatoms. The van der Waals surface area contributed by atoms with Gasteiger partial charge in [0.05, 0.1) is 5.75 Å². The van der Waals surface area contributed by atoms with Gasteiger partial charge in [0, 0.05) is 13.0 Å². The molecule has 0 aromatic carbocycles. The molecule has 1 amide bonds. The minimum atomic E-state index is -3.99. The van der Waals surface area contributed by atoms with Crippen LogP contribution in [-0.4, -0.2) is 31.2 Å². The highest BCUT2D eigenvalue weighted by Gasteiger charge is 2.06. The lowest BCUT2D eigenvalue weighted by Gasteiger charge is -2.04. The van der Waals surface area contributed by atoms with Crippen molar-refractivity contribution in [3.63, 3.8) is 0 Å². The molecule has 25 heavy (non-hydrogen) atoms. The van der Waals surface area contributed by atoms with Crippen molar-refractivity contribution in [3.05, 3.63) is 12.2 Å². The zero-order chi connectivity index (χ0) is 19.0. The number of rotatable bonds is 16. The molecule has 0 saturated carbocycles. The van der Waals surface area contributed by atoms with Crippen LogP contribution in [0.2, 0.25) is 0 Å². The van der Waals surface area contributed by atoms with E-state index in [-0.39, 0.29) is 12.5 Å².